The van der Waals surface area contributed by atoms with E-state index in [0.29, 0.717) is 16.5 Å². The SMILES string of the molecule is COc1ccc(F)cc1C(=O)COC(=O)c1cc(C(C)C)nc2ccccc12. The molecule has 0 saturated carbocycles. The van der Waals surface area contributed by atoms with Gasteiger partial charge in [0.05, 0.1) is 23.8 Å². The standard InChI is InChI=1S/C22H20FNO4/c1-13(2)19-11-16(15-6-4-5-7-18(15)24-19)22(26)28-12-20(25)17-10-14(23)8-9-21(17)27-3/h4-11,13H,12H2,1-3H3. The van der Waals surface area contributed by atoms with Crippen LogP contribution in [0.25, 0.3) is 10.9 Å². The molecule has 0 radical (unpaired) electrons. The quantitative estimate of drug-likeness (QED) is 0.463. The normalized spacial score (nSPS) is 10.9. The first-order chi connectivity index (χ1) is 13.4. The number of aromatic nitrogens is 1. The van der Waals surface area contributed by atoms with E-state index in [4.69, 9.17) is 9.47 Å². The predicted octanol–water partition coefficient (Wildman–Crippen LogP) is 4.55. The number of para-hydroxylation sites is 1. The second kappa shape index (κ2) is 8.17. The van der Waals surface area contributed by atoms with Crippen LogP contribution in [0.1, 0.15) is 46.2 Å². The summed E-state index contributed by atoms with van der Waals surface area (Å²) in [5.41, 5.74) is 1.80. The van der Waals surface area contributed by atoms with Crippen LogP contribution in [0.3, 0.4) is 0 Å². The van der Waals surface area contributed by atoms with Gasteiger partial charge >= 0.3 is 5.97 Å². The molecule has 0 atom stereocenters. The summed E-state index contributed by atoms with van der Waals surface area (Å²) in [6.45, 7) is 3.43. The van der Waals surface area contributed by atoms with Crippen LogP contribution in [0, 0.1) is 5.82 Å². The number of esters is 1. The molecule has 28 heavy (non-hydrogen) atoms. The average Bonchev–Trinajstić information content (AvgIpc) is 2.70. The summed E-state index contributed by atoms with van der Waals surface area (Å²) in [6, 6.07) is 12.5. The number of carbonyl (C=O) groups excluding carboxylic acids is 2. The number of Topliss-reactive ketones (excluding diaryl/α,β-unsaturated/α-hetero) is 1. The molecule has 144 valence electrons. The summed E-state index contributed by atoms with van der Waals surface area (Å²) in [5, 5.41) is 0.646. The van der Waals surface area contributed by atoms with Crippen molar-refractivity contribution >= 4 is 22.7 Å². The zero-order chi connectivity index (χ0) is 20.3. The number of methoxy groups -OCH3 is 1. The molecule has 0 aliphatic carbocycles. The average molecular weight is 381 g/mol. The number of hydrogen-bond donors (Lipinski definition) is 0. The summed E-state index contributed by atoms with van der Waals surface area (Å²) in [4.78, 5) is 29.7. The van der Waals surface area contributed by atoms with Gasteiger partial charge in [0, 0.05) is 11.1 Å². The summed E-state index contributed by atoms with van der Waals surface area (Å²) < 4.78 is 23.8. The fourth-order valence-electron chi connectivity index (χ4n) is 2.85. The highest BCUT2D eigenvalue weighted by atomic mass is 19.1. The van der Waals surface area contributed by atoms with Crippen LogP contribution in [0.2, 0.25) is 0 Å². The Kier molecular flexibility index (Phi) is 5.68. The molecule has 0 bridgehead atoms. The lowest BCUT2D eigenvalue weighted by Crippen LogP contribution is -2.16. The molecule has 1 aromatic heterocycles. The summed E-state index contributed by atoms with van der Waals surface area (Å²) in [5.74, 6) is -1.42. The third-order valence-electron chi connectivity index (χ3n) is 4.34. The van der Waals surface area contributed by atoms with E-state index in [-0.39, 0.29) is 17.2 Å². The number of ketones is 1. The van der Waals surface area contributed by atoms with E-state index in [1.807, 2.05) is 26.0 Å². The molecule has 6 heteroatoms. The summed E-state index contributed by atoms with van der Waals surface area (Å²) in [6.07, 6.45) is 0. The van der Waals surface area contributed by atoms with Gasteiger partial charge in [0.25, 0.3) is 0 Å². The number of rotatable bonds is 6. The van der Waals surface area contributed by atoms with E-state index >= 15 is 0 Å². The Bertz CT molecular complexity index is 1050. The minimum atomic E-state index is -0.635. The zero-order valence-electron chi connectivity index (χ0n) is 15.9. The van der Waals surface area contributed by atoms with E-state index in [9.17, 15) is 14.0 Å². The van der Waals surface area contributed by atoms with E-state index in [1.54, 1.807) is 18.2 Å². The van der Waals surface area contributed by atoms with Crippen LogP contribution in [-0.2, 0) is 4.74 Å². The van der Waals surface area contributed by atoms with Crippen LogP contribution in [0.15, 0.2) is 48.5 Å². The molecule has 3 rings (SSSR count). The van der Waals surface area contributed by atoms with Gasteiger partial charge in [0.2, 0.25) is 5.78 Å². The second-order valence-electron chi connectivity index (χ2n) is 6.61. The first-order valence-electron chi connectivity index (χ1n) is 8.84. The maximum Gasteiger partial charge on any atom is 0.339 e. The number of fused-ring (bicyclic) bond motifs is 1. The predicted molar refractivity (Wildman–Crippen MR) is 103 cm³/mol. The molecule has 0 aliphatic heterocycles. The summed E-state index contributed by atoms with van der Waals surface area (Å²) >= 11 is 0. The van der Waals surface area contributed by atoms with Crippen molar-refractivity contribution in [2.45, 2.75) is 19.8 Å². The first kappa shape index (κ1) is 19.5. The lowest BCUT2D eigenvalue weighted by atomic mass is 10.0. The summed E-state index contributed by atoms with van der Waals surface area (Å²) in [7, 11) is 1.38. The third kappa shape index (κ3) is 4.01. The Morgan fingerprint density at radius 1 is 1.07 bits per heavy atom. The topological polar surface area (TPSA) is 65.5 Å². The first-order valence-corrected chi connectivity index (χ1v) is 8.84. The number of pyridine rings is 1. The highest BCUT2D eigenvalue weighted by Crippen LogP contribution is 2.24. The molecule has 0 N–H and O–H groups in total. The van der Waals surface area contributed by atoms with Gasteiger partial charge in [0.1, 0.15) is 11.6 Å². The Balaban J connectivity index is 1.86. The van der Waals surface area contributed by atoms with Crippen LogP contribution in [-0.4, -0.2) is 30.5 Å². The monoisotopic (exact) mass is 381 g/mol. The van der Waals surface area contributed by atoms with E-state index in [2.05, 4.69) is 4.98 Å². The maximum absolute atomic E-state index is 13.5. The number of nitrogens with zero attached hydrogens (tertiary/aromatic N) is 1. The number of benzene rings is 2. The van der Waals surface area contributed by atoms with Gasteiger partial charge in [-0.25, -0.2) is 9.18 Å². The molecule has 0 spiro atoms. The van der Waals surface area contributed by atoms with Crippen molar-refractivity contribution in [3.63, 3.8) is 0 Å². The lowest BCUT2D eigenvalue weighted by molar-refractivity contribution is 0.0475. The van der Waals surface area contributed by atoms with Crippen molar-refractivity contribution in [3.8, 4) is 5.75 Å². The fraction of sp³-hybridized carbons (Fsp3) is 0.227. The van der Waals surface area contributed by atoms with Crippen molar-refractivity contribution in [1.29, 1.82) is 0 Å². The molecule has 3 aromatic rings. The van der Waals surface area contributed by atoms with Crippen LogP contribution in [0.5, 0.6) is 5.75 Å². The van der Waals surface area contributed by atoms with Crippen molar-refractivity contribution in [3.05, 3.63) is 71.2 Å². The Morgan fingerprint density at radius 2 is 1.82 bits per heavy atom. The van der Waals surface area contributed by atoms with Gasteiger partial charge in [-0.05, 0) is 36.2 Å². The molecule has 0 amide bonds. The highest BCUT2D eigenvalue weighted by Gasteiger charge is 2.19. The van der Waals surface area contributed by atoms with E-state index in [0.717, 1.165) is 11.8 Å². The molecular formula is C22H20FNO4. The molecule has 0 unspecified atom stereocenters. The van der Waals surface area contributed by atoms with Gasteiger partial charge in [-0.1, -0.05) is 32.0 Å². The molecule has 1 heterocycles. The van der Waals surface area contributed by atoms with Gasteiger partial charge in [-0.3, -0.25) is 9.78 Å². The largest absolute Gasteiger partial charge is 0.496 e. The maximum atomic E-state index is 13.5. The molecule has 0 fully saturated rings. The molecule has 0 aliphatic rings. The lowest BCUT2D eigenvalue weighted by Gasteiger charge is -2.12. The molecule has 5 nitrogen and oxygen atoms in total. The van der Waals surface area contributed by atoms with Crippen molar-refractivity contribution < 1.29 is 23.5 Å². The van der Waals surface area contributed by atoms with Crippen LogP contribution >= 0.6 is 0 Å². The minimum Gasteiger partial charge on any atom is -0.496 e. The molecular weight excluding hydrogens is 361 g/mol. The Morgan fingerprint density at radius 3 is 2.54 bits per heavy atom. The Labute approximate surface area is 162 Å². The van der Waals surface area contributed by atoms with Gasteiger partial charge < -0.3 is 9.47 Å². The van der Waals surface area contributed by atoms with Crippen molar-refractivity contribution in [1.82, 2.24) is 4.98 Å². The smallest absolute Gasteiger partial charge is 0.339 e. The van der Waals surface area contributed by atoms with Gasteiger partial charge in [0.15, 0.2) is 6.61 Å². The third-order valence-corrected chi connectivity index (χ3v) is 4.34. The minimum absolute atomic E-state index is 0.0257. The van der Waals surface area contributed by atoms with Crippen molar-refractivity contribution in [2.75, 3.05) is 13.7 Å². The number of halogens is 1. The Hall–Kier alpha value is -3.28. The number of ether oxygens (including phenoxy) is 2. The van der Waals surface area contributed by atoms with Gasteiger partial charge in [-0.15, -0.1) is 0 Å². The number of carbonyl (C=O) groups is 2. The van der Waals surface area contributed by atoms with E-state index < -0.39 is 24.2 Å². The molecule has 2 aromatic carbocycles. The van der Waals surface area contributed by atoms with Crippen LogP contribution < -0.4 is 4.74 Å². The van der Waals surface area contributed by atoms with Gasteiger partial charge in [-0.2, -0.15) is 0 Å². The highest BCUT2D eigenvalue weighted by molar-refractivity contribution is 6.05. The van der Waals surface area contributed by atoms with E-state index in [1.165, 1.54) is 19.2 Å². The fourth-order valence-corrected chi connectivity index (χ4v) is 2.85. The molecule has 0 saturated heterocycles. The zero-order valence-corrected chi connectivity index (χ0v) is 15.9. The van der Waals surface area contributed by atoms with Crippen LogP contribution in [0.4, 0.5) is 4.39 Å². The second-order valence-corrected chi connectivity index (χ2v) is 6.61. The number of hydrogen-bond acceptors (Lipinski definition) is 5. The van der Waals surface area contributed by atoms with Crippen molar-refractivity contribution in [2.24, 2.45) is 0 Å².